The average Bonchev–Trinajstić information content (AvgIpc) is 3.52. The van der Waals surface area contributed by atoms with Crippen molar-refractivity contribution >= 4 is 46.2 Å². The molecule has 1 amide bonds. The second-order valence-electron chi connectivity index (χ2n) is 9.24. The SMILES string of the molecule is Cc1ccoc1C(=O)Nc1cccc(C(=O)c2ccc3c(C=Nc4ccc(CCC(=O)[O-])cc4)c(O)[nH]c3c2)c1.[Na+]. The fourth-order valence-electron chi connectivity index (χ4n) is 4.31. The van der Waals surface area contributed by atoms with E-state index < -0.39 is 11.9 Å². The summed E-state index contributed by atoms with van der Waals surface area (Å²) >= 11 is 0. The Hall–Kier alpha value is -4.44. The topological polar surface area (TPSA) is 148 Å². The van der Waals surface area contributed by atoms with E-state index in [1.807, 2.05) is 0 Å². The monoisotopic (exact) mass is 557 g/mol. The normalized spacial score (nSPS) is 11.0. The number of amides is 1. The molecular formula is C31H24N3NaO6. The zero-order valence-electron chi connectivity index (χ0n) is 22.4. The minimum atomic E-state index is -1.10. The van der Waals surface area contributed by atoms with Crippen LogP contribution in [0.15, 0.2) is 88.5 Å². The van der Waals surface area contributed by atoms with Gasteiger partial charge in [-0.15, -0.1) is 0 Å². The van der Waals surface area contributed by atoms with Crippen LogP contribution < -0.4 is 40.0 Å². The number of H-pyrrole nitrogens is 1. The average molecular weight is 558 g/mol. The van der Waals surface area contributed by atoms with E-state index in [1.54, 1.807) is 79.7 Å². The summed E-state index contributed by atoms with van der Waals surface area (Å²) in [7, 11) is 0. The van der Waals surface area contributed by atoms with Crippen molar-refractivity contribution in [1.82, 2.24) is 4.98 Å². The van der Waals surface area contributed by atoms with Crippen molar-refractivity contribution in [2.24, 2.45) is 4.99 Å². The molecule has 5 aromatic rings. The number of carbonyl (C=O) groups is 3. The number of nitrogens with one attached hydrogen (secondary N) is 2. The summed E-state index contributed by atoms with van der Waals surface area (Å²) in [6.07, 6.45) is 3.29. The van der Waals surface area contributed by atoms with Gasteiger partial charge in [-0.25, -0.2) is 0 Å². The van der Waals surface area contributed by atoms with Gasteiger partial charge >= 0.3 is 29.6 Å². The van der Waals surface area contributed by atoms with Gasteiger partial charge in [-0.05, 0) is 61.7 Å². The first-order valence-electron chi connectivity index (χ1n) is 12.5. The number of anilines is 1. The Bertz CT molecular complexity index is 1770. The predicted octanol–water partition coefficient (Wildman–Crippen LogP) is 1.70. The number of hydrogen-bond acceptors (Lipinski definition) is 7. The van der Waals surface area contributed by atoms with Crippen LogP contribution in [-0.4, -0.2) is 34.0 Å². The van der Waals surface area contributed by atoms with Crippen LogP contribution in [0.1, 0.15) is 49.6 Å². The molecular weight excluding hydrogens is 533 g/mol. The fourth-order valence-corrected chi connectivity index (χ4v) is 4.31. The summed E-state index contributed by atoms with van der Waals surface area (Å²) < 4.78 is 5.23. The first-order valence-corrected chi connectivity index (χ1v) is 12.5. The molecule has 10 heteroatoms. The van der Waals surface area contributed by atoms with Crippen LogP contribution in [0, 0.1) is 6.92 Å². The number of benzene rings is 3. The van der Waals surface area contributed by atoms with Crippen LogP contribution >= 0.6 is 0 Å². The van der Waals surface area contributed by atoms with Crippen LogP contribution in [0.4, 0.5) is 11.4 Å². The number of ketones is 1. The number of aromatic nitrogens is 1. The Morgan fingerprint density at radius 2 is 1.78 bits per heavy atom. The van der Waals surface area contributed by atoms with Crippen molar-refractivity contribution in [2.45, 2.75) is 19.8 Å². The van der Waals surface area contributed by atoms with Crippen molar-refractivity contribution in [3.8, 4) is 5.88 Å². The first-order chi connectivity index (χ1) is 19.3. The van der Waals surface area contributed by atoms with E-state index in [4.69, 9.17) is 4.42 Å². The fraction of sp³-hybridized carbons (Fsp3) is 0.0968. The Labute approximate surface area is 257 Å². The molecule has 0 saturated carbocycles. The number of nitrogens with zero attached hydrogens (tertiary/aromatic N) is 1. The smallest absolute Gasteiger partial charge is 0.550 e. The summed E-state index contributed by atoms with van der Waals surface area (Å²) in [5, 5.41) is 24.6. The zero-order chi connectivity index (χ0) is 28.2. The second-order valence-corrected chi connectivity index (χ2v) is 9.24. The largest absolute Gasteiger partial charge is 1.00 e. The summed E-state index contributed by atoms with van der Waals surface area (Å²) in [5.74, 6) is -1.64. The van der Waals surface area contributed by atoms with Gasteiger partial charge in [0.2, 0.25) is 0 Å². The van der Waals surface area contributed by atoms with Gasteiger partial charge in [0.15, 0.2) is 17.4 Å². The van der Waals surface area contributed by atoms with Crippen LogP contribution in [0.25, 0.3) is 10.9 Å². The quantitative estimate of drug-likeness (QED) is 0.143. The molecule has 5 rings (SSSR count). The second kappa shape index (κ2) is 12.8. The zero-order valence-corrected chi connectivity index (χ0v) is 24.4. The Kier molecular flexibility index (Phi) is 9.24. The number of furan rings is 1. The van der Waals surface area contributed by atoms with E-state index in [0.717, 1.165) is 5.56 Å². The van der Waals surface area contributed by atoms with E-state index in [0.29, 0.717) is 51.0 Å². The first kappa shape index (κ1) is 29.5. The third-order valence-corrected chi connectivity index (χ3v) is 6.43. The van der Waals surface area contributed by atoms with Gasteiger partial charge in [0, 0.05) is 45.5 Å². The van der Waals surface area contributed by atoms with Gasteiger partial charge in [0.1, 0.15) is 0 Å². The summed E-state index contributed by atoms with van der Waals surface area (Å²) in [4.78, 5) is 43.7. The maximum Gasteiger partial charge on any atom is 1.00 e. The third kappa shape index (κ3) is 6.83. The van der Waals surface area contributed by atoms with Crippen LogP contribution in [0.2, 0.25) is 0 Å². The molecule has 2 aromatic heterocycles. The number of hydrogen-bond donors (Lipinski definition) is 3. The molecule has 200 valence electrons. The number of aryl methyl sites for hydroxylation is 2. The molecule has 3 N–H and O–H groups in total. The molecule has 41 heavy (non-hydrogen) atoms. The molecule has 0 saturated heterocycles. The number of aromatic amines is 1. The molecule has 0 fully saturated rings. The van der Waals surface area contributed by atoms with Crippen LogP contribution in [0.3, 0.4) is 0 Å². The van der Waals surface area contributed by atoms with Gasteiger partial charge in [-0.3, -0.25) is 14.6 Å². The molecule has 0 radical (unpaired) electrons. The molecule has 0 aliphatic heterocycles. The molecule has 2 heterocycles. The minimum absolute atomic E-state index is 0. The van der Waals surface area contributed by atoms with E-state index in [1.165, 1.54) is 12.5 Å². The van der Waals surface area contributed by atoms with Crippen molar-refractivity contribution < 1.29 is 58.6 Å². The summed E-state index contributed by atoms with van der Waals surface area (Å²) in [6, 6.07) is 20.5. The van der Waals surface area contributed by atoms with Crippen molar-refractivity contribution in [3.63, 3.8) is 0 Å². The third-order valence-electron chi connectivity index (χ3n) is 6.43. The molecule has 0 bridgehead atoms. The van der Waals surface area contributed by atoms with E-state index in [9.17, 15) is 24.6 Å². The molecule has 3 aromatic carbocycles. The van der Waals surface area contributed by atoms with Crippen molar-refractivity contribution in [2.75, 3.05) is 5.32 Å². The van der Waals surface area contributed by atoms with Gasteiger partial charge in [0.05, 0.1) is 17.5 Å². The van der Waals surface area contributed by atoms with Gasteiger partial charge in [-0.2, -0.15) is 0 Å². The van der Waals surface area contributed by atoms with Gasteiger partial charge < -0.3 is 29.7 Å². The molecule has 0 atom stereocenters. The van der Waals surface area contributed by atoms with Crippen LogP contribution in [0.5, 0.6) is 5.88 Å². The number of carboxylic acid groups (broad SMARTS) is 1. The maximum atomic E-state index is 13.3. The number of aliphatic carboxylic acids is 1. The summed E-state index contributed by atoms with van der Waals surface area (Å²) in [5.41, 5.74) is 4.45. The van der Waals surface area contributed by atoms with Crippen molar-refractivity contribution in [1.29, 1.82) is 0 Å². The number of aliphatic imine (C=N–C) groups is 1. The number of carboxylic acids is 1. The van der Waals surface area contributed by atoms with Crippen molar-refractivity contribution in [3.05, 3.63) is 113 Å². The van der Waals surface area contributed by atoms with E-state index in [-0.39, 0.29) is 53.4 Å². The number of fused-ring (bicyclic) bond motifs is 1. The van der Waals surface area contributed by atoms with E-state index >= 15 is 0 Å². The standard InChI is InChI=1S/C31H25N3O6.Na/c1-18-13-14-40-29(18)31(39)33-23-4-2-3-20(15-23)28(37)21-8-11-24-25(30(38)34-26(24)16-21)17-32-22-9-5-19(6-10-22)7-12-27(35)36;/h2-6,8-11,13-17,34,38H,7,12H2,1H3,(H,33,39)(H,35,36);/q;+1/p-1. The molecule has 0 aliphatic rings. The Balaban J connectivity index is 0.00000387. The Morgan fingerprint density at radius 1 is 1.02 bits per heavy atom. The number of rotatable bonds is 9. The summed E-state index contributed by atoms with van der Waals surface area (Å²) in [6.45, 7) is 1.77. The minimum Gasteiger partial charge on any atom is -0.550 e. The Morgan fingerprint density at radius 3 is 2.49 bits per heavy atom. The number of aromatic hydroxyl groups is 1. The van der Waals surface area contributed by atoms with Crippen LogP contribution in [-0.2, 0) is 11.2 Å². The molecule has 0 aliphatic carbocycles. The predicted molar refractivity (Wildman–Crippen MR) is 148 cm³/mol. The number of carbonyl (C=O) groups excluding carboxylic acids is 3. The molecule has 0 unspecified atom stereocenters. The maximum absolute atomic E-state index is 13.3. The van der Waals surface area contributed by atoms with Gasteiger partial charge in [0.25, 0.3) is 5.91 Å². The van der Waals surface area contributed by atoms with Gasteiger partial charge in [-0.1, -0.05) is 36.4 Å². The molecule has 9 nitrogen and oxygen atoms in total. The molecule has 0 spiro atoms. The van der Waals surface area contributed by atoms with E-state index in [2.05, 4.69) is 15.3 Å².